The van der Waals surface area contributed by atoms with Crippen LogP contribution in [0.25, 0.3) is 10.8 Å². The summed E-state index contributed by atoms with van der Waals surface area (Å²) in [5.41, 5.74) is 3.04. The number of urea groups is 1. The highest BCUT2D eigenvalue weighted by atomic mass is 79.9. The van der Waals surface area contributed by atoms with Crippen LogP contribution in [-0.2, 0) is 6.42 Å². The molecular weight excluding hydrogens is 444 g/mol. The highest BCUT2D eigenvalue weighted by molar-refractivity contribution is 9.10. The van der Waals surface area contributed by atoms with Gasteiger partial charge in [0.1, 0.15) is 0 Å². The average molecular weight is 467 g/mol. The number of carbonyl (C=O) groups is 1. The molecule has 154 valence electrons. The minimum Gasteiger partial charge on any atom is -0.335 e. The monoisotopic (exact) mass is 466 g/mol. The fraction of sp³-hybridized carbons (Fsp3) is 0.348. The van der Waals surface area contributed by atoms with Crippen LogP contribution in [0.15, 0.2) is 51.7 Å². The van der Waals surface area contributed by atoms with Crippen LogP contribution in [0.4, 0.5) is 10.5 Å². The number of hydrogen-bond acceptors (Lipinski definition) is 3. The van der Waals surface area contributed by atoms with E-state index in [0.717, 1.165) is 59.9 Å². The second-order valence-corrected chi connectivity index (χ2v) is 9.07. The number of benzene rings is 2. The maximum absolute atomic E-state index is 12.9. The van der Waals surface area contributed by atoms with Crippen LogP contribution in [0.1, 0.15) is 42.9 Å². The molecule has 6 nitrogen and oxygen atoms in total. The van der Waals surface area contributed by atoms with Gasteiger partial charge in [-0.05, 0) is 61.9 Å². The number of nitrogens with one attached hydrogen (secondary N) is 2. The van der Waals surface area contributed by atoms with E-state index in [2.05, 4.69) is 37.5 Å². The first-order valence-corrected chi connectivity index (χ1v) is 11.2. The number of halogens is 1. The van der Waals surface area contributed by atoms with Crippen molar-refractivity contribution in [1.82, 2.24) is 15.5 Å². The summed E-state index contributed by atoms with van der Waals surface area (Å²) >= 11 is 3.50. The largest absolute Gasteiger partial charge is 0.335 e. The van der Waals surface area contributed by atoms with E-state index in [9.17, 15) is 9.59 Å². The first-order valence-electron chi connectivity index (χ1n) is 10.4. The van der Waals surface area contributed by atoms with E-state index in [1.807, 2.05) is 41.3 Å². The van der Waals surface area contributed by atoms with Gasteiger partial charge in [-0.25, -0.2) is 9.89 Å². The summed E-state index contributed by atoms with van der Waals surface area (Å²) in [5.74, 6) is 0.296. The second-order valence-electron chi connectivity index (χ2n) is 8.16. The number of H-pyrrole nitrogens is 1. The Morgan fingerprint density at radius 3 is 2.67 bits per heavy atom. The van der Waals surface area contributed by atoms with E-state index < -0.39 is 0 Å². The Bertz CT molecular complexity index is 1170. The number of hydrogen-bond donors (Lipinski definition) is 2. The van der Waals surface area contributed by atoms with Crippen LogP contribution in [0, 0.1) is 0 Å². The summed E-state index contributed by atoms with van der Waals surface area (Å²) in [6.07, 6.45) is 4.59. The molecule has 2 heterocycles. The molecule has 1 saturated carbocycles. The topological polar surface area (TPSA) is 78.1 Å². The van der Waals surface area contributed by atoms with Crippen LogP contribution in [0.2, 0.25) is 0 Å². The van der Waals surface area contributed by atoms with Crippen molar-refractivity contribution in [2.75, 3.05) is 11.4 Å². The van der Waals surface area contributed by atoms with E-state index >= 15 is 0 Å². The van der Waals surface area contributed by atoms with Crippen molar-refractivity contribution in [3.05, 3.63) is 68.5 Å². The molecule has 0 spiro atoms. The summed E-state index contributed by atoms with van der Waals surface area (Å²) in [6.45, 7) is 0.722. The smallest absolute Gasteiger partial charge is 0.322 e. The molecule has 3 aromatic rings. The summed E-state index contributed by atoms with van der Waals surface area (Å²) in [6, 6.07) is 13.9. The van der Waals surface area contributed by atoms with E-state index in [-0.39, 0.29) is 17.6 Å². The average Bonchev–Trinajstić information content (AvgIpc) is 3.18. The van der Waals surface area contributed by atoms with Gasteiger partial charge in [0, 0.05) is 34.1 Å². The second kappa shape index (κ2) is 7.87. The number of nitrogens with zero attached hydrogens (tertiary/aromatic N) is 2. The molecule has 2 N–H and O–H groups in total. The molecule has 1 aromatic heterocycles. The van der Waals surface area contributed by atoms with Gasteiger partial charge in [0.15, 0.2) is 0 Å². The third-order valence-corrected chi connectivity index (χ3v) is 6.84. The molecule has 2 aliphatic rings. The molecule has 1 fully saturated rings. The van der Waals surface area contributed by atoms with Crippen molar-refractivity contribution in [3.8, 4) is 0 Å². The summed E-state index contributed by atoms with van der Waals surface area (Å²) < 4.78 is 1.05. The Morgan fingerprint density at radius 2 is 1.87 bits per heavy atom. The van der Waals surface area contributed by atoms with Gasteiger partial charge in [-0.3, -0.25) is 9.69 Å². The standard InChI is InChI=1S/C23H23BrN4O2/c24-16-7-10-20-15(13-16)11-12-28(20)23(30)25-17-8-5-14(6-9-17)21-18-3-1-2-4-19(18)22(29)27-26-21/h1-4,7,10,13-14,17H,5-6,8-9,11-12H2,(H,25,30)(H,27,29)/t14-,17-. The van der Waals surface area contributed by atoms with E-state index in [1.54, 1.807) is 0 Å². The summed E-state index contributed by atoms with van der Waals surface area (Å²) in [5, 5.41) is 11.9. The Hall–Kier alpha value is -2.67. The predicted octanol–water partition coefficient (Wildman–Crippen LogP) is 4.48. The third kappa shape index (κ3) is 3.51. The minimum absolute atomic E-state index is 0.00728. The number of carbonyl (C=O) groups excluding carboxylic acids is 1. The zero-order valence-corrected chi connectivity index (χ0v) is 18.1. The minimum atomic E-state index is -0.145. The molecule has 0 radical (unpaired) electrons. The zero-order valence-electron chi connectivity index (χ0n) is 16.5. The molecule has 1 aliphatic heterocycles. The fourth-order valence-electron chi connectivity index (χ4n) is 4.79. The van der Waals surface area contributed by atoms with Gasteiger partial charge in [-0.2, -0.15) is 5.10 Å². The lowest BCUT2D eigenvalue weighted by atomic mass is 9.83. The van der Waals surface area contributed by atoms with Gasteiger partial charge in [0.05, 0.1) is 11.1 Å². The van der Waals surface area contributed by atoms with Gasteiger partial charge in [-0.1, -0.05) is 34.1 Å². The first kappa shape index (κ1) is 19.3. The molecule has 2 aromatic carbocycles. The van der Waals surface area contributed by atoms with Crippen LogP contribution in [-0.4, -0.2) is 28.8 Å². The van der Waals surface area contributed by atoms with E-state index in [4.69, 9.17) is 0 Å². The molecule has 0 saturated heterocycles. The maximum atomic E-state index is 12.9. The lowest BCUT2D eigenvalue weighted by Crippen LogP contribution is -2.45. The lowest BCUT2D eigenvalue weighted by molar-refractivity contribution is 0.237. The maximum Gasteiger partial charge on any atom is 0.322 e. The highest BCUT2D eigenvalue weighted by Gasteiger charge is 2.29. The van der Waals surface area contributed by atoms with Gasteiger partial charge in [-0.15, -0.1) is 0 Å². The molecule has 0 bridgehead atoms. The number of aromatic nitrogens is 2. The Morgan fingerprint density at radius 1 is 1.10 bits per heavy atom. The molecular formula is C23H23BrN4O2. The SMILES string of the molecule is O=C(N[C@H]1CC[C@H](c2n[nH]c(=O)c3ccccc32)CC1)N1CCc2cc(Br)ccc21. The van der Waals surface area contributed by atoms with Gasteiger partial charge < -0.3 is 5.32 Å². The Labute approximate surface area is 182 Å². The van der Waals surface area contributed by atoms with Crippen molar-refractivity contribution in [2.24, 2.45) is 0 Å². The van der Waals surface area contributed by atoms with Gasteiger partial charge in [0.2, 0.25) is 0 Å². The highest BCUT2D eigenvalue weighted by Crippen LogP contribution is 2.35. The molecule has 2 amide bonds. The van der Waals surface area contributed by atoms with Gasteiger partial charge in [0.25, 0.3) is 5.56 Å². The summed E-state index contributed by atoms with van der Waals surface area (Å²) in [7, 11) is 0. The van der Waals surface area contributed by atoms with E-state index in [0.29, 0.717) is 11.3 Å². The summed E-state index contributed by atoms with van der Waals surface area (Å²) in [4.78, 5) is 26.8. The molecule has 30 heavy (non-hydrogen) atoms. The van der Waals surface area contributed by atoms with Crippen LogP contribution < -0.4 is 15.8 Å². The quantitative estimate of drug-likeness (QED) is 0.583. The fourth-order valence-corrected chi connectivity index (χ4v) is 5.20. The van der Waals surface area contributed by atoms with Crippen molar-refractivity contribution < 1.29 is 4.79 Å². The number of amides is 2. The number of anilines is 1. The zero-order chi connectivity index (χ0) is 20.7. The lowest BCUT2D eigenvalue weighted by Gasteiger charge is -2.30. The van der Waals surface area contributed by atoms with Crippen molar-refractivity contribution in [2.45, 2.75) is 44.1 Å². The molecule has 0 unspecified atom stereocenters. The number of fused-ring (bicyclic) bond motifs is 2. The van der Waals surface area contributed by atoms with Crippen LogP contribution in [0.3, 0.4) is 0 Å². The molecule has 5 rings (SSSR count). The first-order chi connectivity index (χ1) is 14.6. The van der Waals surface area contributed by atoms with Crippen LogP contribution in [0.5, 0.6) is 0 Å². The van der Waals surface area contributed by atoms with Crippen molar-refractivity contribution >= 4 is 38.4 Å². The van der Waals surface area contributed by atoms with Crippen molar-refractivity contribution in [1.29, 1.82) is 0 Å². The van der Waals surface area contributed by atoms with Crippen molar-refractivity contribution in [3.63, 3.8) is 0 Å². The third-order valence-electron chi connectivity index (χ3n) is 6.35. The van der Waals surface area contributed by atoms with Gasteiger partial charge >= 0.3 is 6.03 Å². The Balaban J connectivity index is 1.25. The molecule has 7 heteroatoms. The van der Waals surface area contributed by atoms with Crippen LogP contribution >= 0.6 is 15.9 Å². The molecule has 1 aliphatic carbocycles. The number of aromatic amines is 1. The van der Waals surface area contributed by atoms with E-state index in [1.165, 1.54) is 5.56 Å². The molecule has 0 atom stereocenters. The normalized spacial score (nSPS) is 20.9. The Kier molecular flexibility index (Phi) is 5.06. The number of rotatable bonds is 2. The predicted molar refractivity (Wildman–Crippen MR) is 121 cm³/mol.